The average molecular weight is 360 g/mol. The molecule has 0 saturated heterocycles. The van der Waals surface area contributed by atoms with Gasteiger partial charge in [0.05, 0.1) is 5.69 Å². The number of hydrogen-bond donors (Lipinski definition) is 0. The summed E-state index contributed by atoms with van der Waals surface area (Å²) in [5.41, 5.74) is 6.76. The van der Waals surface area contributed by atoms with Crippen molar-refractivity contribution in [2.24, 2.45) is 0 Å². The maximum Gasteiger partial charge on any atom is 0.101 e. The van der Waals surface area contributed by atoms with Gasteiger partial charge in [0.1, 0.15) is 5.69 Å². The van der Waals surface area contributed by atoms with E-state index in [1.54, 1.807) is 0 Å². The summed E-state index contributed by atoms with van der Waals surface area (Å²) < 4.78 is 2.05. The fourth-order valence-corrected chi connectivity index (χ4v) is 3.89. The van der Waals surface area contributed by atoms with Crippen LogP contribution in [0.3, 0.4) is 0 Å². The highest BCUT2D eigenvalue weighted by atomic mass is 15.3. The molecular formula is C26H20N2. The molecule has 0 aliphatic carbocycles. The lowest BCUT2D eigenvalue weighted by atomic mass is 9.95. The van der Waals surface area contributed by atoms with Crippen molar-refractivity contribution in [2.75, 3.05) is 0 Å². The van der Waals surface area contributed by atoms with Crippen LogP contribution in [0.2, 0.25) is 0 Å². The van der Waals surface area contributed by atoms with E-state index in [0.717, 1.165) is 22.6 Å². The SMILES string of the molecule is Cc1c(-c2ccccc2)c(-c2cccc3ccccc23)nn1-c1ccccc1. The zero-order chi connectivity index (χ0) is 18.9. The normalized spacial score (nSPS) is 11.0. The number of benzene rings is 4. The minimum atomic E-state index is 1.02. The molecule has 0 atom stereocenters. The summed E-state index contributed by atoms with van der Waals surface area (Å²) in [6.45, 7) is 2.15. The van der Waals surface area contributed by atoms with E-state index in [-0.39, 0.29) is 0 Å². The van der Waals surface area contributed by atoms with E-state index >= 15 is 0 Å². The first-order valence-corrected chi connectivity index (χ1v) is 9.51. The van der Waals surface area contributed by atoms with Crippen molar-refractivity contribution in [3.63, 3.8) is 0 Å². The van der Waals surface area contributed by atoms with Crippen molar-refractivity contribution in [1.82, 2.24) is 9.78 Å². The maximum atomic E-state index is 5.09. The Balaban J connectivity index is 1.84. The fraction of sp³-hybridized carbons (Fsp3) is 0.0385. The molecule has 0 amide bonds. The van der Waals surface area contributed by atoms with Crippen LogP contribution in [0.15, 0.2) is 103 Å². The zero-order valence-electron chi connectivity index (χ0n) is 15.7. The maximum absolute atomic E-state index is 5.09. The van der Waals surface area contributed by atoms with Gasteiger partial charge in [-0.15, -0.1) is 0 Å². The number of nitrogens with zero attached hydrogens (tertiary/aromatic N) is 2. The molecule has 0 fully saturated rings. The Bertz CT molecular complexity index is 1250. The van der Waals surface area contributed by atoms with Crippen LogP contribution in [-0.4, -0.2) is 9.78 Å². The highest BCUT2D eigenvalue weighted by Gasteiger charge is 2.20. The third-order valence-electron chi connectivity index (χ3n) is 5.22. The van der Waals surface area contributed by atoms with Crippen LogP contribution < -0.4 is 0 Å². The number of fused-ring (bicyclic) bond motifs is 1. The Morgan fingerprint density at radius 1 is 0.643 bits per heavy atom. The van der Waals surface area contributed by atoms with Gasteiger partial charge in [-0.2, -0.15) is 5.10 Å². The van der Waals surface area contributed by atoms with E-state index in [2.05, 4.69) is 109 Å². The van der Waals surface area contributed by atoms with Gasteiger partial charge < -0.3 is 0 Å². The molecule has 134 valence electrons. The van der Waals surface area contributed by atoms with Crippen LogP contribution in [0.1, 0.15) is 5.69 Å². The topological polar surface area (TPSA) is 17.8 Å². The van der Waals surface area contributed by atoms with Crippen molar-refractivity contribution in [3.05, 3.63) is 109 Å². The van der Waals surface area contributed by atoms with E-state index in [4.69, 9.17) is 5.10 Å². The number of para-hydroxylation sites is 1. The van der Waals surface area contributed by atoms with Crippen LogP contribution in [0.4, 0.5) is 0 Å². The van der Waals surface area contributed by atoms with Crippen molar-refractivity contribution in [2.45, 2.75) is 6.92 Å². The summed E-state index contributed by atoms with van der Waals surface area (Å²) in [5.74, 6) is 0. The van der Waals surface area contributed by atoms with Crippen LogP contribution >= 0.6 is 0 Å². The molecule has 2 nitrogen and oxygen atoms in total. The first-order valence-electron chi connectivity index (χ1n) is 9.51. The molecule has 0 radical (unpaired) electrons. The Kier molecular flexibility index (Phi) is 4.02. The lowest BCUT2D eigenvalue weighted by molar-refractivity contribution is 0.851. The molecular weight excluding hydrogens is 340 g/mol. The van der Waals surface area contributed by atoms with Crippen LogP contribution in [-0.2, 0) is 0 Å². The predicted molar refractivity (Wildman–Crippen MR) is 117 cm³/mol. The van der Waals surface area contributed by atoms with Gasteiger partial charge >= 0.3 is 0 Å². The molecule has 0 aliphatic heterocycles. The van der Waals surface area contributed by atoms with Crippen molar-refractivity contribution < 1.29 is 0 Å². The van der Waals surface area contributed by atoms with Gasteiger partial charge in [0.2, 0.25) is 0 Å². The van der Waals surface area contributed by atoms with E-state index in [1.807, 2.05) is 6.07 Å². The van der Waals surface area contributed by atoms with Crippen LogP contribution in [0.5, 0.6) is 0 Å². The van der Waals surface area contributed by atoms with Gasteiger partial charge in [0, 0.05) is 16.8 Å². The lowest BCUT2D eigenvalue weighted by Gasteiger charge is -2.08. The zero-order valence-corrected chi connectivity index (χ0v) is 15.7. The molecule has 28 heavy (non-hydrogen) atoms. The first kappa shape index (κ1) is 16.5. The molecule has 0 spiro atoms. The smallest absolute Gasteiger partial charge is 0.101 e. The largest absolute Gasteiger partial charge is 0.237 e. The molecule has 4 aromatic carbocycles. The summed E-state index contributed by atoms with van der Waals surface area (Å²) in [7, 11) is 0. The first-order chi connectivity index (χ1) is 13.8. The molecule has 5 aromatic rings. The summed E-state index contributed by atoms with van der Waals surface area (Å²) in [6, 6.07) is 35.8. The Hall–Kier alpha value is -3.65. The van der Waals surface area contributed by atoms with Crippen molar-refractivity contribution in [3.8, 4) is 28.1 Å². The van der Waals surface area contributed by atoms with Crippen LogP contribution in [0.25, 0.3) is 38.8 Å². The lowest BCUT2D eigenvalue weighted by Crippen LogP contribution is -1.98. The molecule has 0 aliphatic rings. The molecule has 2 heteroatoms. The van der Waals surface area contributed by atoms with Gasteiger partial charge in [0.15, 0.2) is 0 Å². The van der Waals surface area contributed by atoms with Crippen molar-refractivity contribution >= 4 is 10.8 Å². The molecule has 0 bridgehead atoms. The molecule has 0 unspecified atom stereocenters. The second kappa shape index (κ2) is 6.82. The number of aromatic nitrogens is 2. The Morgan fingerprint density at radius 2 is 1.29 bits per heavy atom. The molecule has 1 heterocycles. The van der Waals surface area contributed by atoms with Crippen molar-refractivity contribution in [1.29, 1.82) is 0 Å². The highest BCUT2D eigenvalue weighted by molar-refractivity contribution is 5.99. The quantitative estimate of drug-likeness (QED) is 0.351. The molecule has 0 N–H and O–H groups in total. The van der Waals surface area contributed by atoms with Gasteiger partial charge in [-0.25, -0.2) is 4.68 Å². The predicted octanol–water partition coefficient (Wildman–Crippen LogP) is 6.67. The van der Waals surface area contributed by atoms with E-state index in [1.165, 1.54) is 21.9 Å². The second-order valence-electron chi connectivity index (χ2n) is 6.95. The fourth-order valence-electron chi connectivity index (χ4n) is 3.89. The second-order valence-corrected chi connectivity index (χ2v) is 6.95. The van der Waals surface area contributed by atoms with Gasteiger partial charge in [-0.1, -0.05) is 91.0 Å². The summed E-state index contributed by atoms with van der Waals surface area (Å²) in [6.07, 6.45) is 0. The molecule has 0 saturated carbocycles. The summed E-state index contributed by atoms with van der Waals surface area (Å²) in [4.78, 5) is 0. The number of hydrogen-bond acceptors (Lipinski definition) is 1. The highest BCUT2D eigenvalue weighted by Crippen LogP contribution is 2.38. The minimum absolute atomic E-state index is 1.02. The van der Waals surface area contributed by atoms with Gasteiger partial charge in [0.25, 0.3) is 0 Å². The third kappa shape index (κ3) is 2.71. The molecule has 1 aromatic heterocycles. The van der Waals surface area contributed by atoms with Crippen LogP contribution in [0, 0.1) is 6.92 Å². The summed E-state index contributed by atoms with van der Waals surface area (Å²) in [5, 5.41) is 7.54. The minimum Gasteiger partial charge on any atom is -0.237 e. The van der Waals surface area contributed by atoms with E-state index in [0.29, 0.717) is 0 Å². The summed E-state index contributed by atoms with van der Waals surface area (Å²) >= 11 is 0. The third-order valence-corrected chi connectivity index (χ3v) is 5.22. The van der Waals surface area contributed by atoms with E-state index in [9.17, 15) is 0 Å². The van der Waals surface area contributed by atoms with Gasteiger partial charge in [-0.05, 0) is 35.4 Å². The van der Waals surface area contributed by atoms with Gasteiger partial charge in [-0.3, -0.25) is 0 Å². The Labute approximate surface area is 164 Å². The monoisotopic (exact) mass is 360 g/mol. The Morgan fingerprint density at radius 3 is 2.07 bits per heavy atom. The number of rotatable bonds is 3. The molecule has 5 rings (SSSR count). The average Bonchev–Trinajstić information content (AvgIpc) is 3.11. The standard InChI is InChI=1S/C26H20N2/c1-19-25(21-12-4-2-5-13-21)26(27-28(19)22-15-6-3-7-16-22)24-18-10-14-20-11-8-9-17-23(20)24/h2-18H,1H3. The van der Waals surface area contributed by atoms with E-state index < -0.39 is 0 Å².